The van der Waals surface area contributed by atoms with Gasteiger partial charge in [0.25, 0.3) is 0 Å². The van der Waals surface area contributed by atoms with Crippen LogP contribution in [0.1, 0.15) is 75.6 Å². The summed E-state index contributed by atoms with van der Waals surface area (Å²) >= 11 is 0. The van der Waals surface area contributed by atoms with Crippen molar-refractivity contribution < 1.29 is 23.8 Å². The number of ether oxygens (including phenoxy) is 1. The van der Waals surface area contributed by atoms with Crippen molar-refractivity contribution in [1.29, 1.82) is 0 Å². The topological polar surface area (TPSA) is 78.9 Å². The van der Waals surface area contributed by atoms with Crippen LogP contribution in [0.4, 0.5) is 4.39 Å². The van der Waals surface area contributed by atoms with Crippen molar-refractivity contribution in [2.45, 2.75) is 84.5 Å². The van der Waals surface area contributed by atoms with Crippen molar-refractivity contribution >= 4 is 11.9 Å². The third kappa shape index (κ3) is 6.39. The summed E-state index contributed by atoms with van der Waals surface area (Å²) in [4.78, 5) is 29.2. The van der Waals surface area contributed by atoms with Gasteiger partial charge in [0.1, 0.15) is 17.6 Å². The normalized spacial score (nSPS) is 22.6. The van der Waals surface area contributed by atoms with E-state index in [4.69, 9.17) is 4.74 Å². The zero-order valence-corrected chi connectivity index (χ0v) is 26.5. The molecule has 1 aliphatic heterocycles. The van der Waals surface area contributed by atoms with E-state index < -0.39 is 23.5 Å². The second-order valence-electron chi connectivity index (χ2n) is 13.5. The monoisotopic (exact) mass is 600 g/mol. The van der Waals surface area contributed by atoms with Crippen LogP contribution in [0.5, 0.6) is 5.75 Å². The van der Waals surface area contributed by atoms with Crippen molar-refractivity contribution in [3.8, 4) is 16.9 Å². The van der Waals surface area contributed by atoms with E-state index in [1.54, 1.807) is 18.1 Å². The largest absolute Gasteiger partial charge is 0.496 e. The summed E-state index contributed by atoms with van der Waals surface area (Å²) in [6.45, 7) is 8.49. The van der Waals surface area contributed by atoms with E-state index in [1.165, 1.54) is 12.1 Å². The molecule has 4 atom stereocenters. The Bertz CT molecular complexity index is 1480. The number of methoxy groups -OCH3 is 1. The van der Waals surface area contributed by atoms with E-state index in [-0.39, 0.29) is 29.6 Å². The molecule has 7 heteroatoms. The smallest absolute Gasteiger partial charge is 0.326 e. The van der Waals surface area contributed by atoms with E-state index in [1.807, 2.05) is 55.5 Å². The molecule has 0 bridgehead atoms. The summed E-state index contributed by atoms with van der Waals surface area (Å²) in [5, 5.41) is 14.5. The van der Waals surface area contributed by atoms with Gasteiger partial charge in [0.15, 0.2) is 0 Å². The van der Waals surface area contributed by atoms with Gasteiger partial charge in [0.2, 0.25) is 5.91 Å². The number of carbonyl (C=O) groups excluding carboxylic acids is 1. The first-order valence-electron chi connectivity index (χ1n) is 15.8. The molecule has 1 amide bonds. The molecule has 44 heavy (non-hydrogen) atoms. The summed E-state index contributed by atoms with van der Waals surface area (Å²) in [6.07, 6.45) is 4.70. The molecule has 3 aromatic carbocycles. The molecule has 2 N–H and O–H groups in total. The van der Waals surface area contributed by atoms with Crippen LogP contribution in [-0.4, -0.2) is 41.1 Å². The van der Waals surface area contributed by atoms with Crippen LogP contribution in [0.2, 0.25) is 0 Å². The molecule has 1 heterocycles. The first-order valence-corrected chi connectivity index (χ1v) is 15.8. The number of hydrogen-bond donors (Lipinski definition) is 2. The van der Waals surface area contributed by atoms with Crippen molar-refractivity contribution in [3.05, 3.63) is 89.2 Å². The number of nitrogens with zero attached hydrogens (tertiary/aromatic N) is 1. The second-order valence-corrected chi connectivity index (χ2v) is 13.5. The van der Waals surface area contributed by atoms with E-state index in [0.717, 1.165) is 59.9 Å². The maximum absolute atomic E-state index is 14.3. The maximum atomic E-state index is 14.3. The third-order valence-corrected chi connectivity index (χ3v) is 9.58. The Kier molecular flexibility index (Phi) is 9.45. The molecule has 234 valence electrons. The SMILES string of the molecule is COc1ccc(-c2ccc(F)cc2C)cc1CN[C@H]1[C@H](C(C)(C)C)[C@@H](C(=O)O)N(C(=O)C2CCCCC2)[C@H]1c1ccccc1. The number of nitrogens with one attached hydrogen (secondary N) is 1. The summed E-state index contributed by atoms with van der Waals surface area (Å²) in [5.41, 5.74) is 4.11. The Balaban J connectivity index is 1.57. The lowest BCUT2D eigenvalue weighted by molar-refractivity contribution is -0.154. The molecule has 1 saturated carbocycles. The number of aryl methyl sites for hydroxylation is 1. The van der Waals surface area contributed by atoms with E-state index in [2.05, 4.69) is 26.1 Å². The van der Waals surface area contributed by atoms with Gasteiger partial charge in [-0.05, 0) is 71.7 Å². The standard InChI is InChI=1S/C37H45FN2O4/c1-23-20-28(38)17-18-29(23)26-16-19-30(44-5)27(21-26)22-39-32-31(37(2,3)4)34(36(42)43)40(33(32)24-12-8-6-9-13-24)35(41)25-14-10-7-11-15-25/h6,8-9,12-13,16-21,25,31-34,39H,7,10-11,14-15,22H2,1-5H3,(H,42,43)/t31-,32-,33-,34-/m0/s1. The Morgan fingerprint density at radius 2 is 1.70 bits per heavy atom. The quantitative estimate of drug-likeness (QED) is 0.279. The number of rotatable bonds is 8. The van der Waals surface area contributed by atoms with Gasteiger partial charge in [-0.3, -0.25) is 4.79 Å². The molecule has 0 unspecified atom stereocenters. The van der Waals surface area contributed by atoms with Crippen LogP contribution in [0.15, 0.2) is 66.7 Å². The van der Waals surface area contributed by atoms with Gasteiger partial charge in [-0.2, -0.15) is 0 Å². The number of carbonyl (C=O) groups is 2. The van der Waals surface area contributed by atoms with Crippen molar-refractivity contribution in [1.82, 2.24) is 10.2 Å². The molecule has 2 fully saturated rings. The first-order chi connectivity index (χ1) is 21.0. The number of amides is 1. The second kappa shape index (κ2) is 13.1. The van der Waals surface area contributed by atoms with Crippen molar-refractivity contribution in [2.75, 3.05) is 7.11 Å². The summed E-state index contributed by atoms with van der Waals surface area (Å²) in [6, 6.07) is 18.8. The Morgan fingerprint density at radius 3 is 2.32 bits per heavy atom. The zero-order valence-electron chi connectivity index (χ0n) is 26.5. The minimum absolute atomic E-state index is 0.0455. The van der Waals surface area contributed by atoms with Crippen LogP contribution < -0.4 is 10.1 Å². The molecule has 6 nitrogen and oxygen atoms in total. The van der Waals surface area contributed by atoms with E-state index in [0.29, 0.717) is 12.3 Å². The fourth-order valence-electron chi connectivity index (χ4n) is 7.55. The van der Waals surface area contributed by atoms with Gasteiger partial charge in [-0.15, -0.1) is 0 Å². The van der Waals surface area contributed by atoms with Crippen LogP contribution in [-0.2, 0) is 16.1 Å². The van der Waals surface area contributed by atoms with Gasteiger partial charge < -0.3 is 20.1 Å². The highest BCUT2D eigenvalue weighted by Gasteiger charge is 2.58. The summed E-state index contributed by atoms with van der Waals surface area (Å²) < 4.78 is 19.6. The minimum Gasteiger partial charge on any atom is -0.496 e. The van der Waals surface area contributed by atoms with Gasteiger partial charge in [0, 0.05) is 30.0 Å². The van der Waals surface area contributed by atoms with Crippen LogP contribution in [0.3, 0.4) is 0 Å². The predicted molar refractivity (Wildman–Crippen MR) is 171 cm³/mol. The molecular formula is C37H45FN2O4. The van der Waals surface area contributed by atoms with Gasteiger partial charge in [0.05, 0.1) is 13.2 Å². The highest BCUT2D eigenvalue weighted by Crippen LogP contribution is 2.49. The number of carboxylic acid groups (broad SMARTS) is 1. The zero-order chi connectivity index (χ0) is 31.6. The van der Waals surface area contributed by atoms with Crippen molar-refractivity contribution in [2.24, 2.45) is 17.3 Å². The molecule has 0 radical (unpaired) electrons. The molecule has 1 saturated heterocycles. The lowest BCUT2D eigenvalue weighted by Gasteiger charge is -2.36. The average Bonchev–Trinajstić information content (AvgIpc) is 3.36. The lowest BCUT2D eigenvalue weighted by Crippen LogP contribution is -2.49. The Morgan fingerprint density at radius 1 is 1.00 bits per heavy atom. The molecule has 0 aromatic heterocycles. The fourth-order valence-corrected chi connectivity index (χ4v) is 7.55. The number of aliphatic carboxylic acids is 1. The highest BCUT2D eigenvalue weighted by atomic mass is 19.1. The fraction of sp³-hybridized carbons (Fsp3) is 0.459. The Labute approximate surface area is 260 Å². The average molecular weight is 601 g/mol. The highest BCUT2D eigenvalue weighted by molar-refractivity contribution is 5.87. The third-order valence-electron chi connectivity index (χ3n) is 9.58. The molecule has 5 rings (SSSR count). The first kappa shape index (κ1) is 31.7. The molecule has 2 aliphatic rings. The van der Waals surface area contributed by atoms with Crippen LogP contribution >= 0.6 is 0 Å². The van der Waals surface area contributed by atoms with Crippen molar-refractivity contribution in [3.63, 3.8) is 0 Å². The molecular weight excluding hydrogens is 555 g/mol. The number of halogens is 1. The number of likely N-dealkylation sites (tertiary alicyclic amines) is 1. The van der Waals surface area contributed by atoms with E-state index >= 15 is 0 Å². The predicted octanol–water partition coefficient (Wildman–Crippen LogP) is 7.55. The summed E-state index contributed by atoms with van der Waals surface area (Å²) in [7, 11) is 1.63. The van der Waals surface area contributed by atoms with Crippen LogP contribution in [0.25, 0.3) is 11.1 Å². The Hall–Kier alpha value is -3.71. The number of carboxylic acids is 1. The minimum atomic E-state index is -0.970. The number of hydrogen-bond acceptors (Lipinski definition) is 4. The number of benzene rings is 3. The maximum Gasteiger partial charge on any atom is 0.326 e. The van der Waals surface area contributed by atoms with Crippen LogP contribution in [0, 0.1) is 30.0 Å². The lowest BCUT2D eigenvalue weighted by atomic mass is 9.72. The molecule has 0 spiro atoms. The van der Waals surface area contributed by atoms with Gasteiger partial charge in [-0.25, -0.2) is 9.18 Å². The molecule has 1 aliphatic carbocycles. The molecule has 3 aromatic rings. The van der Waals surface area contributed by atoms with Gasteiger partial charge >= 0.3 is 5.97 Å². The summed E-state index contributed by atoms with van der Waals surface area (Å²) in [5.74, 6) is -1.12. The van der Waals surface area contributed by atoms with E-state index in [9.17, 15) is 19.1 Å². The van der Waals surface area contributed by atoms with Gasteiger partial charge in [-0.1, -0.05) is 82.5 Å².